The molecule has 3 aromatic rings. The molecule has 2 N–H and O–H groups in total. The van der Waals surface area contributed by atoms with Gasteiger partial charge in [-0.05, 0) is 12.1 Å². The number of hydrogen-bond donors (Lipinski definition) is 1. The third-order valence-electron chi connectivity index (χ3n) is 3.25. The van der Waals surface area contributed by atoms with Gasteiger partial charge in [-0.25, -0.2) is 4.98 Å². The molecule has 2 aromatic carbocycles. The Kier molecular flexibility index (Phi) is 5.36. The molecule has 3 rings (SSSR count). The van der Waals surface area contributed by atoms with E-state index in [9.17, 15) is 0 Å². The minimum atomic E-state index is 0.633. The van der Waals surface area contributed by atoms with E-state index in [1.807, 2.05) is 50.2 Å². The highest BCUT2D eigenvalue weighted by molar-refractivity contribution is 5.81. The van der Waals surface area contributed by atoms with Crippen LogP contribution in [0.2, 0.25) is 0 Å². The molecule has 0 aliphatic heterocycles. The van der Waals surface area contributed by atoms with E-state index in [2.05, 4.69) is 9.97 Å². The van der Waals surface area contributed by atoms with Crippen LogP contribution >= 0.6 is 0 Å². The maximum absolute atomic E-state index is 5.70. The lowest BCUT2D eigenvalue weighted by molar-refractivity contribution is 0.355. The number of hydrogen-bond acceptors (Lipinski definition) is 5. The Morgan fingerprint density at radius 1 is 0.870 bits per heavy atom. The molecule has 5 heteroatoms. The summed E-state index contributed by atoms with van der Waals surface area (Å²) in [4.78, 5) is 9.05. The third-order valence-corrected chi connectivity index (χ3v) is 3.25. The summed E-state index contributed by atoms with van der Waals surface area (Å²) in [6, 6.07) is 11.2. The SMILES string of the molecule is CC.COc1cc2ncc(-c3ccc(N)cc3)nc2cc1OC. The molecule has 0 bridgehead atoms. The number of nitrogens with zero attached hydrogens (tertiary/aromatic N) is 2. The first kappa shape index (κ1) is 16.5. The summed E-state index contributed by atoms with van der Waals surface area (Å²) in [5, 5.41) is 0. The van der Waals surface area contributed by atoms with Crippen LogP contribution in [0.3, 0.4) is 0 Å². The van der Waals surface area contributed by atoms with Crippen molar-refractivity contribution in [3.8, 4) is 22.8 Å². The van der Waals surface area contributed by atoms with Gasteiger partial charge in [0.1, 0.15) is 0 Å². The van der Waals surface area contributed by atoms with Crippen molar-refractivity contribution in [3.05, 3.63) is 42.6 Å². The standard InChI is InChI=1S/C16H15N3O2.C2H6/c1-20-15-7-12-13(8-16(15)21-2)19-14(9-18-12)10-3-5-11(17)6-4-10;1-2/h3-9H,17H2,1-2H3;1-2H3. The number of aromatic nitrogens is 2. The quantitative estimate of drug-likeness (QED) is 0.742. The number of anilines is 1. The zero-order chi connectivity index (χ0) is 16.8. The van der Waals surface area contributed by atoms with Crippen LogP contribution in [0.25, 0.3) is 22.3 Å². The van der Waals surface area contributed by atoms with Crippen LogP contribution in [0.15, 0.2) is 42.6 Å². The van der Waals surface area contributed by atoms with Gasteiger partial charge in [-0.2, -0.15) is 0 Å². The van der Waals surface area contributed by atoms with Crippen LogP contribution in [0.4, 0.5) is 5.69 Å². The molecule has 0 atom stereocenters. The van der Waals surface area contributed by atoms with E-state index in [1.54, 1.807) is 20.4 Å². The van der Waals surface area contributed by atoms with Crippen molar-refractivity contribution in [2.45, 2.75) is 13.8 Å². The molecular formula is C18H21N3O2. The molecule has 0 fully saturated rings. The molecule has 120 valence electrons. The number of rotatable bonds is 3. The van der Waals surface area contributed by atoms with Crippen molar-refractivity contribution in [3.63, 3.8) is 0 Å². The minimum absolute atomic E-state index is 0.633. The van der Waals surface area contributed by atoms with Crippen molar-refractivity contribution < 1.29 is 9.47 Å². The van der Waals surface area contributed by atoms with E-state index < -0.39 is 0 Å². The lowest BCUT2D eigenvalue weighted by Gasteiger charge is -2.09. The number of ether oxygens (including phenoxy) is 2. The van der Waals surface area contributed by atoms with Crippen molar-refractivity contribution in [1.82, 2.24) is 9.97 Å². The summed E-state index contributed by atoms with van der Waals surface area (Å²) in [5.41, 5.74) is 9.68. The molecule has 0 amide bonds. The summed E-state index contributed by atoms with van der Waals surface area (Å²) in [5.74, 6) is 1.27. The maximum atomic E-state index is 5.70. The molecule has 0 aliphatic carbocycles. The summed E-state index contributed by atoms with van der Waals surface area (Å²) in [7, 11) is 3.20. The second-order valence-electron chi connectivity index (χ2n) is 4.57. The van der Waals surface area contributed by atoms with Crippen molar-refractivity contribution in [1.29, 1.82) is 0 Å². The van der Waals surface area contributed by atoms with E-state index in [0.717, 1.165) is 28.0 Å². The average Bonchev–Trinajstić information content (AvgIpc) is 2.62. The molecule has 23 heavy (non-hydrogen) atoms. The normalized spacial score (nSPS) is 9.91. The Labute approximate surface area is 136 Å². The fourth-order valence-electron chi connectivity index (χ4n) is 2.13. The number of methoxy groups -OCH3 is 2. The number of benzene rings is 2. The molecule has 0 saturated heterocycles. The van der Waals surface area contributed by atoms with E-state index in [0.29, 0.717) is 11.5 Å². The largest absolute Gasteiger partial charge is 0.493 e. The third kappa shape index (κ3) is 3.51. The van der Waals surface area contributed by atoms with Gasteiger partial charge in [0.25, 0.3) is 0 Å². The molecule has 0 saturated carbocycles. The summed E-state index contributed by atoms with van der Waals surface area (Å²) in [6.45, 7) is 4.00. The van der Waals surface area contributed by atoms with Crippen LogP contribution in [-0.4, -0.2) is 24.2 Å². The second kappa shape index (κ2) is 7.45. The highest BCUT2D eigenvalue weighted by Gasteiger charge is 2.09. The first-order valence-corrected chi connectivity index (χ1v) is 7.46. The predicted molar refractivity (Wildman–Crippen MR) is 93.8 cm³/mol. The van der Waals surface area contributed by atoms with Gasteiger partial charge >= 0.3 is 0 Å². The average molecular weight is 311 g/mol. The fraction of sp³-hybridized carbons (Fsp3) is 0.222. The van der Waals surface area contributed by atoms with Gasteiger partial charge in [-0.1, -0.05) is 26.0 Å². The first-order chi connectivity index (χ1) is 11.2. The van der Waals surface area contributed by atoms with Crippen molar-refractivity contribution in [2.24, 2.45) is 0 Å². The van der Waals surface area contributed by atoms with Gasteiger partial charge in [0.15, 0.2) is 11.5 Å². The highest BCUT2D eigenvalue weighted by atomic mass is 16.5. The predicted octanol–water partition coefficient (Wildman–Crippen LogP) is 3.92. The Morgan fingerprint density at radius 2 is 1.43 bits per heavy atom. The number of nitrogens with two attached hydrogens (primary N) is 1. The molecule has 1 heterocycles. The lowest BCUT2D eigenvalue weighted by Crippen LogP contribution is -1.94. The van der Waals surface area contributed by atoms with E-state index >= 15 is 0 Å². The highest BCUT2D eigenvalue weighted by Crippen LogP contribution is 2.31. The Morgan fingerprint density at radius 3 is 2.00 bits per heavy atom. The lowest BCUT2D eigenvalue weighted by atomic mass is 10.1. The summed E-state index contributed by atoms with van der Waals surface area (Å²) < 4.78 is 10.6. The van der Waals surface area contributed by atoms with E-state index in [4.69, 9.17) is 15.2 Å². The maximum Gasteiger partial charge on any atom is 0.163 e. The topological polar surface area (TPSA) is 70.3 Å². The minimum Gasteiger partial charge on any atom is -0.493 e. The van der Waals surface area contributed by atoms with Crippen molar-refractivity contribution >= 4 is 16.7 Å². The molecule has 5 nitrogen and oxygen atoms in total. The zero-order valence-electron chi connectivity index (χ0n) is 13.8. The van der Waals surface area contributed by atoms with Gasteiger partial charge in [0.2, 0.25) is 0 Å². The van der Waals surface area contributed by atoms with Gasteiger partial charge < -0.3 is 15.2 Å². The van der Waals surface area contributed by atoms with Crippen LogP contribution in [-0.2, 0) is 0 Å². The van der Waals surface area contributed by atoms with Gasteiger partial charge in [-0.15, -0.1) is 0 Å². The van der Waals surface area contributed by atoms with E-state index in [-0.39, 0.29) is 0 Å². The monoisotopic (exact) mass is 311 g/mol. The van der Waals surface area contributed by atoms with Gasteiger partial charge in [0, 0.05) is 23.4 Å². The summed E-state index contributed by atoms with van der Waals surface area (Å²) >= 11 is 0. The molecular weight excluding hydrogens is 290 g/mol. The first-order valence-electron chi connectivity index (χ1n) is 7.46. The molecule has 0 aliphatic rings. The molecule has 1 aromatic heterocycles. The number of fused-ring (bicyclic) bond motifs is 1. The Balaban J connectivity index is 0.000000924. The Hall–Kier alpha value is -2.82. The Bertz CT molecular complexity index is 786. The van der Waals surface area contributed by atoms with Crippen LogP contribution < -0.4 is 15.2 Å². The smallest absolute Gasteiger partial charge is 0.163 e. The fourth-order valence-corrected chi connectivity index (χ4v) is 2.13. The van der Waals surface area contributed by atoms with Gasteiger partial charge in [-0.3, -0.25) is 4.98 Å². The van der Waals surface area contributed by atoms with Crippen LogP contribution in [0.5, 0.6) is 11.5 Å². The number of nitrogen functional groups attached to an aromatic ring is 1. The molecule has 0 radical (unpaired) electrons. The molecule has 0 unspecified atom stereocenters. The van der Waals surface area contributed by atoms with Crippen LogP contribution in [0, 0.1) is 0 Å². The van der Waals surface area contributed by atoms with Crippen LogP contribution in [0.1, 0.15) is 13.8 Å². The molecule has 0 spiro atoms. The van der Waals surface area contributed by atoms with Gasteiger partial charge in [0.05, 0.1) is 37.1 Å². The van der Waals surface area contributed by atoms with E-state index in [1.165, 1.54) is 0 Å². The summed E-state index contributed by atoms with van der Waals surface area (Å²) in [6.07, 6.45) is 1.74. The second-order valence-corrected chi connectivity index (χ2v) is 4.57. The van der Waals surface area contributed by atoms with Crippen molar-refractivity contribution in [2.75, 3.05) is 20.0 Å². The zero-order valence-corrected chi connectivity index (χ0v) is 13.8.